The topological polar surface area (TPSA) is 49.4 Å². The van der Waals surface area contributed by atoms with Gasteiger partial charge in [-0.25, -0.2) is 17.1 Å². The summed E-state index contributed by atoms with van der Waals surface area (Å²) in [6.45, 7) is -0.577. The zero-order valence-corrected chi connectivity index (χ0v) is 12.4. The molecule has 1 aromatic rings. The van der Waals surface area contributed by atoms with Crippen LogP contribution in [0.15, 0.2) is 23.1 Å². The van der Waals surface area contributed by atoms with Crippen molar-refractivity contribution in [2.45, 2.75) is 24.0 Å². The molecule has 0 amide bonds. The SMILES string of the molecule is CNCc1cc(S(=O)(=O)N(C)CCC(F)(F)F)ccc1F. The second-order valence-corrected chi connectivity index (χ2v) is 6.52. The standard InChI is InChI=1S/C12H16F4N2O2S/c1-17-8-9-7-10(3-4-11(9)13)21(19,20)18(2)6-5-12(14,15)16/h3-4,7,17H,5-6,8H2,1-2H3. The van der Waals surface area contributed by atoms with E-state index in [0.29, 0.717) is 4.31 Å². The number of halogens is 4. The van der Waals surface area contributed by atoms with E-state index in [9.17, 15) is 26.0 Å². The molecule has 1 rings (SSSR count). The fourth-order valence-electron chi connectivity index (χ4n) is 1.62. The predicted octanol–water partition coefficient (Wildman–Crippen LogP) is 2.12. The molecule has 1 N–H and O–H groups in total. The maximum Gasteiger partial charge on any atom is 0.390 e. The highest BCUT2D eigenvalue weighted by atomic mass is 32.2. The second-order valence-electron chi connectivity index (χ2n) is 4.48. The first-order chi connectivity index (χ1) is 9.58. The molecule has 1 aromatic carbocycles. The molecule has 0 aliphatic carbocycles. The molecule has 0 atom stereocenters. The number of nitrogens with one attached hydrogen (secondary N) is 1. The Kier molecular flexibility index (Phi) is 5.71. The van der Waals surface area contributed by atoms with E-state index in [2.05, 4.69) is 5.32 Å². The normalized spacial score (nSPS) is 12.9. The summed E-state index contributed by atoms with van der Waals surface area (Å²) in [6, 6.07) is 3.14. The summed E-state index contributed by atoms with van der Waals surface area (Å²) in [5.74, 6) is -0.582. The van der Waals surface area contributed by atoms with Gasteiger partial charge in [0.1, 0.15) is 5.82 Å². The van der Waals surface area contributed by atoms with E-state index in [1.165, 1.54) is 0 Å². The van der Waals surface area contributed by atoms with Gasteiger partial charge >= 0.3 is 6.18 Å². The Bertz CT molecular complexity index is 587. The summed E-state index contributed by atoms with van der Waals surface area (Å²) < 4.78 is 74.8. The Morgan fingerprint density at radius 2 is 1.90 bits per heavy atom. The lowest BCUT2D eigenvalue weighted by molar-refractivity contribution is -0.135. The molecule has 0 aliphatic heterocycles. The molecule has 9 heteroatoms. The monoisotopic (exact) mass is 328 g/mol. The van der Waals surface area contributed by atoms with Gasteiger partial charge in [0.25, 0.3) is 0 Å². The lowest BCUT2D eigenvalue weighted by Gasteiger charge is -2.18. The number of sulfonamides is 1. The highest BCUT2D eigenvalue weighted by molar-refractivity contribution is 7.89. The third kappa shape index (κ3) is 4.94. The van der Waals surface area contributed by atoms with Crippen LogP contribution in [0.4, 0.5) is 17.6 Å². The minimum Gasteiger partial charge on any atom is -0.316 e. The van der Waals surface area contributed by atoms with Crippen LogP contribution in [-0.4, -0.2) is 39.5 Å². The summed E-state index contributed by atoms with van der Waals surface area (Å²) in [4.78, 5) is -0.237. The largest absolute Gasteiger partial charge is 0.390 e. The van der Waals surface area contributed by atoms with Crippen LogP contribution in [0.1, 0.15) is 12.0 Å². The van der Waals surface area contributed by atoms with Gasteiger partial charge in [-0.05, 0) is 25.2 Å². The van der Waals surface area contributed by atoms with Crippen LogP contribution >= 0.6 is 0 Å². The summed E-state index contributed by atoms with van der Waals surface area (Å²) in [5.41, 5.74) is 0.128. The minimum absolute atomic E-state index is 0.113. The van der Waals surface area contributed by atoms with Crippen LogP contribution in [0.5, 0.6) is 0 Å². The van der Waals surface area contributed by atoms with E-state index in [-0.39, 0.29) is 17.0 Å². The van der Waals surface area contributed by atoms with Crippen LogP contribution in [0.2, 0.25) is 0 Å². The van der Waals surface area contributed by atoms with E-state index < -0.39 is 35.0 Å². The fraction of sp³-hybridized carbons (Fsp3) is 0.500. The van der Waals surface area contributed by atoms with Gasteiger partial charge in [-0.3, -0.25) is 0 Å². The maximum atomic E-state index is 13.5. The molecule has 0 bridgehead atoms. The number of nitrogens with zero attached hydrogens (tertiary/aromatic N) is 1. The second kappa shape index (κ2) is 6.71. The van der Waals surface area contributed by atoms with Gasteiger partial charge in [-0.2, -0.15) is 13.2 Å². The molecular formula is C12H16F4N2O2S. The summed E-state index contributed by atoms with van der Waals surface area (Å²) in [6.07, 6.45) is -5.68. The van der Waals surface area contributed by atoms with Gasteiger partial charge in [-0.1, -0.05) is 0 Å². The van der Waals surface area contributed by atoms with Gasteiger partial charge < -0.3 is 5.32 Å². The first kappa shape index (κ1) is 17.9. The molecule has 0 unspecified atom stereocenters. The number of alkyl halides is 3. The Labute approximate surface area is 120 Å². The Morgan fingerprint density at radius 3 is 2.43 bits per heavy atom. The smallest absolute Gasteiger partial charge is 0.316 e. The molecular weight excluding hydrogens is 312 g/mol. The third-order valence-electron chi connectivity index (χ3n) is 2.80. The summed E-state index contributed by atoms with van der Waals surface area (Å²) in [5, 5.41) is 2.68. The molecule has 21 heavy (non-hydrogen) atoms. The van der Waals surface area contributed by atoms with E-state index in [4.69, 9.17) is 0 Å². The fourth-order valence-corrected chi connectivity index (χ4v) is 2.84. The molecule has 4 nitrogen and oxygen atoms in total. The Hall–Kier alpha value is -1.19. The first-order valence-corrected chi connectivity index (χ1v) is 7.48. The van der Waals surface area contributed by atoms with Crippen LogP contribution in [0.25, 0.3) is 0 Å². The molecule has 0 heterocycles. The quantitative estimate of drug-likeness (QED) is 0.814. The van der Waals surface area contributed by atoms with Gasteiger partial charge in [0.05, 0.1) is 11.3 Å². The van der Waals surface area contributed by atoms with E-state index in [1.807, 2.05) is 0 Å². The lowest BCUT2D eigenvalue weighted by atomic mass is 10.2. The molecule has 120 valence electrons. The van der Waals surface area contributed by atoms with Crippen molar-refractivity contribution < 1.29 is 26.0 Å². The van der Waals surface area contributed by atoms with Crippen molar-refractivity contribution in [2.24, 2.45) is 0 Å². The Balaban J connectivity index is 2.99. The lowest BCUT2D eigenvalue weighted by Crippen LogP contribution is -2.30. The predicted molar refractivity (Wildman–Crippen MR) is 69.7 cm³/mol. The van der Waals surface area contributed by atoms with Crippen molar-refractivity contribution in [3.63, 3.8) is 0 Å². The summed E-state index contributed by atoms with van der Waals surface area (Å²) >= 11 is 0. The summed E-state index contributed by atoms with van der Waals surface area (Å²) in [7, 11) is -1.46. The van der Waals surface area contributed by atoms with E-state index >= 15 is 0 Å². The van der Waals surface area contributed by atoms with Crippen molar-refractivity contribution in [2.75, 3.05) is 20.6 Å². The number of benzene rings is 1. The average Bonchev–Trinajstić information content (AvgIpc) is 2.37. The molecule has 0 saturated heterocycles. The zero-order chi connectivity index (χ0) is 16.3. The van der Waals surface area contributed by atoms with Gasteiger partial charge in [0, 0.05) is 25.7 Å². The van der Waals surface area contributed by atoms with Crippen molar-refractivity contribution in [1.82, 2.24) is 9.62 Å². The van der Waals surface area contributed by atoms with Crippen molar-refractivity contribution in [1.29, 1.82) is 0 Å². The van der Waals surface area contributed by atoms with Gasteiger partial charge in [0.2, 0.25) is 10.0 Å². The van der Waals surface area contributed by atoms with E-state index in [1.54, 1.807) is 7.05 Å². The van der Waals surface area contributed by atoms with Crippen molar-refractivity contribution in [3.05, 3.63) is 29.6 Å². The van der Waals surface area contributed by atoms with Gasteiger partial charge in [0.15, 0.2) is 0 Å². The zero-order valence-electron chi connectivity index (χ0n) is 11.5. The highest BCUT2D eigenvalue weighted by Gasteiger charge is 2.30. The molecule has 0 aromatic heterocycles. The Morgan fingerprint density at radius 1 is 1.29 bits per heavy atom. The highest BCUT2D eigenvalue weighted by Crippen LogP contribution is 2.23. The van der Waals surface area contributed by atoms with Crippen molar-refractivity contribution in [3.8, 4) is 0 Å². The van der Waals surface area contributed by atoms with Crippen LogP contribution in [0, 0.1) is 5.82 Å². The third-order valence-corrected chi connectivity index (χ3v) is 4.66. The first-order valence-electron chi connectivity index (χ1n) is 6.04. The molecule has 0 radical (unpaired) electrons. The van der Waals surface area contributed by atoms with Crippen molar-refractivity contribution >= 4 is 10.0 Å². The molecule has 0 aliphatic rings. The van der Waals surface area contributed by atoms with E-state index in [0.717, 1.165) is 25.2 Å². The molecule has 0 fully saturated rings. The maximum absolute atomic E-state index is 13.5. The minimum atomic E-state index is -4.44. The number of rotatable bonds is 6. The molecule has 0 spiro atoms. The number of hydrogen-bond donors (Lipinski definition) is 1. The van der Waals surface area contributed by atoms with Crippen LogP contribution < -0.4 is 5.32 Å². The number of hydrogen-bond acceptors (Lipinski definition) is 3. The molecule has 0 saturated carbocycles. The van der Waals surface area contributed by atoms with Crippen LogP contribution in [-0.2, 0) is 16.6 Å². The van der Waals surface area contributed by atoms with Crippen LogP contribution in [0.3, 0.4) is 0 Å². The average molecular weight is 328 g/mol. The van der Waals surface area contributed by atoms with Gasteiger partial charge in [-0.15, -0.1) is 0 Å².